The molecule has 6 nitrogen and oxygen atoms in total. The van der Waals surface area contributed by atoms with E-state index in [4.69, 9.17) is 16.2 Å². The van der Waals surface area contributed by atoms with Crippen LogP contribution in [-0.2, 0) is 6.54 Å². The number of benzene rings is 1. The van der Waals surface area contributed by atoms with Gasteiger partial charge in [0, 0.05) is 29.9 Å². The number of nitrogens with two attached hydrogens (primary N) is 2. The molecule has 1 aromatic carbocycles. The van der Waals surface area contributed by atoms with E-state index in [0.717, 1.165) is 22.3 Å². The lowest BCUT2D eigenvalue weighted by Crippen LogP contribution is -2.17. The summed E-state index contributed by atoms with van der Waals surface area (Å²) in [7, 11) is 1.58. The van der Waals surface area contributed by atoms with E-state index in [0.29, 0.717) is 23.8 Å². The second-order valence-electron chi connectivity index (χ2n) is 5.64. The van der Waals surface area contributed by atoms with E-state index in [9.17, 15) is 0 Å². The minimum atomic E-state index is 0.520. The standard InChI is InChI=1S/C19H21N5O/c1-3-10-24(12-13-4-6-14(20)7-5-13)18-15-8-9-17(25-2)23-19(15)22-11-16(18)21/h3-11H,12,20-21H2,1-2H3/b10-3+. The van der Waals surface area contributed by atoms with E-state index in [1.54, 1.807) is 13.3 Å². The predicted molar refractivity (Wildman–Crippen MR) is 102 cm³/mol. The minimum absolute atomic E-state index is 0.520. The first-order chi connectivity index (χ1) is 12.1. The Balaban J connectivity index is 2.08. The predicted octanol–water partition coefficient (Wildman–Crippen LogP) is 3.34. The molecule has 128 valence electrons. The Morgan fingerprint density at radius 3 is 2.56 bits per heavy atom. The van der Waals surface area contributed by atoms with Gasteiger partial charge < -0.3 is 21.1 Å². The third kappa shape index (κ3) is 3.47. The van der Waals surface area contributed by atoms with Crippen LogP contribution in [0.4, 0.5) is 17.1 Å². The van der Waals surface area contributed by atoms with Crippen molar-refractivity contribution in [2.45, 2.75) is 13.5 Å². The molecular weight excluding hydrogens is 314 g/mol. The van der Waals surface area contributed by atoms with Crippen LogP contribution in [0, 0.1) is 0 Å². The molecule has 0 bridgehead atoms. The number of nitrogen functional groups attached to an aromatic ring is 2. The second kappa shape index (κ2) is 7.09. The van der Waals surface area contributed by atoms with Gasteiger partial charge in [-0.2, -0.15) is 4.98 Å². The van der Waals surface area contributed by atoms with Gasteiger partial charge in [0.2, 0.25) is 5.88 Å². The van der Waals surface area contributed by atoms with Crippen LogP contribution in [0.1, 0.15) is 12.5 Å². The summed E-state index contributed by atoms with van der Waals surface area (Å²) in [5, 5.41) is 0.870. The fourth-order valence-corrected chi connectivity index (χ4v) is 2.70. The third-order valence-corrected chi connectivity index (χ3v) is 3.86. The summed E-state index contributed by atoms with van der Waals surface area (Å²) < 4.78 is 5.19. The zero-order valence-corrected chi connectivity index (χ0v) is 14.3. The lowest BCUT2D eigenvalue weighted by molar-refractivity contribution is 0.399. The minimum Gasteiger partial charge on any atom is -0.481 e. The topological polar surface area (TPSA) is 90.3 Å². The molecule has 0 unspecified atom stereocenters. The molecule has 0 radical (unpaired) electrons. The molecule has 0 amide bonds. The SMILES string of the molecule is C/C=C/N(Cc1ccc(N)cc1)c1c(N)cnc2nc(OC)ccc12. The number of hydrogen-bond donors (Lipinski definition) is 2. The maximum atomic E-state index is 6.25. The van der Waals surface area contributed by atoms with Gasteiger partial charge in [-0.15, -0.1) is 0 Å². The van der Waals surface area contributed by atoms with Gasteiger partial charge in [0.1, 0.15) is 0 Å². The molecule has 0 aliphatic carbocycles. The van der Waals surface area contributed by atoms with Gasteiger partial charge >= 0.3 is 0 Å². The molecule has 0 saturated carbocycles. The van der Waals surface area contributed by atoms with Crippen LogP contribution in [0.25, 0.3) is 11.0 Å². The van der Waals surface area contributed by atoms with Crippen LogP contribution in [0.15, 0.2) is 54.9 Å². The van der Waals surface area contributed by atoms with E-state index in [-0.39, 0.29) is 0 Å². The van der Waals surface area contributed by atoms with Crippen molar-refractivity contribution in [2.24, 2.45) is 0 Å². The van der Waals surface area contributed by atoms with Crippen molar-refractivity contribution in [1.82, 2.24) is 9.97 Å². The summed E-state index contributed by atoms with van der Waals surface area (Å²) in [6, 6.07) is 11.5. The monoisotopic (exact) mass is 335 g/mol. The molecule has 6 heteroatoms. The smallest absolute Gasteiger partial charge is 0.215 e. The summed E-state index contributed by atoms with van der Waals surface area (Å²) in [5.74, 6) is 0.520. The van der Waals surface area contributed by atoms with E-state index < -0.39 is 0 Å². The lowest BCUT2D eigenvalue weighted by Gasteiger charge is -2.24. The van der Waals surface area contributed by atoms with Crippen LogP contribution < -0.4 is 21.1 Å². The molecule has 2 heterocycles. The lowest BCUT2D eigenvalue weighted by atomic mass is 10.1. The number of rotatable bonds is 5. The van der Waals surface area contributed by atoms with Crippen molar-refractivity contribution in [3.8, 4) is 5.88 Å². The third-order valence-electron chi connectivity index (χ3n) is 3.86. The highest BCUT2D eigenvalue weighted by Gasteiger charge is 2.15. The number of hydrogen-bond acceptors (Lipinski definition) is 6. The first-order valence-electron chi connectivity index (χ1n) is 7.95. The summed E-state index contributed by atoms with van der Waals surface area (Å²) in [4.78, 5) is 10.8. The zero-order valence-electron chi connectivity index (χ0n) is 14.3. The maximum absolute atomic E-state index is 6.25. The van der Waals surface area contributed by atoms with Crippen molar-refractivity contribution < 1.29 is 4.74 Å². The fraction of sp³-hybridized carbons (Fsp3) is 0.158. The molecule has 3 rings (SSSR count). The number of fused-ring (bicyclic) bond motifs is 1. The Morgan fingerprint density at radius 1 is 1.12 bits per heavy atom. The Kier molecular flexibility index (Phi) is 4.70. The van der Waals surface area contributed by atoms with Crippen molar-refractivity contribution in [3.63, 3.8) is 0 Å². The van der Waals surface area contributed by atoms with E-state index >= 15 is 0 Å². The average Bonchev–Trinajstić information content (AvgIpc) is 2.63. The largest absolute Gasteiger partial charge is 0.481 e. The number of nitrogens with zero attached hydrogens (tertiary/aromatic N) is 3. The molecule has 0 atom stereocenters. The number of ether oxygens (including phenoxy) is 1. The van der Waals surface area contributed by atoms with Crippen LogP contribution in [0.5, 0.6) is 5.88 Å². The van der Waals surface area contributed by atoms with E-state index in [1.807, 2.05) is 55.6 Å². The quantitative estimate of drug-likeness (QED) is 0.695. The second-order valence-corrected chi connectivity index (χ2v) is 5.64. The van der Waals surface area contributed by atoms with E-state index in [1.165, 1.54) is 0 Å². The summed E-state index contributed by atoms with van der Waals surface area (Å²) >= 11 is 0. The molecule has 0 aliphatic rings. The first-order valence-corrected chi connectivity index (χ1v) is 7.95. The number of pyridine rings is 2. The maximum Gasteiger partial charge on any atom is 0.215 e. The normalized spacial score (nSPS) is 11.1. The summed E-state index contributed by atoms with van der Waals surface area (Å²) in [6.45, 7) is 2.62. The van der Waals surface area contributed by atoms with Crippen LogP contribution in [-0.4, -0.2) is 17.1 Å². The van der Waals surface area contributed by atoms with Crippen molar-refractivity contribution in [2.75, 3.05) is 23.5 Å². The summed E-state index contributed by atoms with van der Waals surface area (Å²) in [5.41, 5.74) is 15.9. The highest BCUT2D eigenvalue weighted by molar-refractivity contribution is 5.96. The van der Waals surface area contributed by atoms with Gasteiger partial charge in [0.05, 0.1) is 24.7 Å². The molecule has 3 aromatic rings. The number of anilines is 3. The van der Waals surface area contributed by atoms with Crippen molar-refractivity contribution >= 4 is 28.1 Å². The molecule has 0 spiro atoms. The van der Waals surface area contributed by atoms with Crippen LogP contribution in [0.2, 0.25) is 0 Å². The highest BCUT2D eigenvalue weighted by Crippen LogP contribution is 2.33. The highest BCUT2D eigenvalue weighted by atomic mass is 16.5. The average molecular weight is 335 g/mol. The molecule has 0 fully saturated rings. The Bertz CT molecular complexity index is 906. The van der Waals surface area contributed by atoms with E-state index in [2.05, 4.69) is 14.9 Å². The Labute approximate surface area is 146 Å². The van der Waals surface area contributed by atoms with Gasteiger partial charge in [-0.25, -0.2) is 4.98 Å². The molecule has 0 saturated heterocycles. The Hall–Kier alpha value is -3.28. The molecule has 2 aromatic heterocycles. The number of methoxy groups -OCH3 is 1. The summed E-state index contributed by atoms with van der Waals surface area (Å²) in [6.07, 6.45) is 5.59. The molecule has 4 N–H and O–H groups in total. The molecular formula is C19H21N5O. The van der Waals surface area contributed by atoms with Crippen LogP contribution in [0.3, 0.4) is 0 Å². The Morgan fingerprint density at radius 2 is 1.88 bits per heavy atom. The zero-order chi connectivity index (χ0) is 17.8. The molecule has 25 heavy (non-hydrogen) atoms. The number of aromatic nitrogens is 2. The van der Waals surface area contributed by atoms with Gasteiger partial charge in [-0.3, -0.25) is 0 Å². The first kappa shape index (κ1) is 16.6. The van der Waals surface area contributed by atoms with Gasteiger partial charge in [0.25, 0.3) is 0 Å². The molecule has 0 aliphatic heterocycles. The fourth-order valence-electron chi connectivity index (χ4n) is 2.70. The van der Waals surface area contributed by atoms with Crippen molar-refractivity contribution in [1.29, 1.82) is 0 Å². The van der Waals surface area contributed by atoms with Gasteiger partial charge in [-0.1, -0.05) is 18.2 Å². The van der Waals surface area contributed by atoms with Crippen LogP contribution >= 0.6 is 0 Å². The van der Waals surface area contributed by atoms with Gasteiger partial charge in [0.15, 0.2) is 5.65 Å². The van der Waals surface area contributed by atoms with Gasteiger partial charge in [-0.05, 0) is 30.7 Å². The van der Waals surface area contributed by atoms with Crippen molar-refractivity contribution in [3.05, 3.63) is 60.4 Å². The number of allylic oxidation sites excluding steroid dienone is 1.